The maximum Gasteiger partial charge on any atom is 0.132 e. The monoisotopic (exact) mass is 287 g/mol. The second kappa shape index (κ2) is 8.34. The van der Waals surface area contributed by atoms with Crippen molar-refractivity contribution in [1.29, 1.82) is 0 Å². The second-order valence-electron chi connectivity index (χ2n) is 4.66. The quantitative estimate of drug-likeness (QED) is 0.750. The minimum atomic E-state index is 0.696. The van der Waals surface area contributed by atoms with Crippen LogP contribution in [0, 0.1) is 0 Å². The van der Waals surface area contributed by atoms with Crippen LogP contribution in [0.3, 0.4) is 0 Å². The molecule has 1 N–H and O–H groups in total. The van der Waals surface area contributed by atoms with Gasteiger partial charge in [0.25, 0.3) is 0 Å². The molecule has 0 fully saturated rings. The van der Waals surface area contributed by atoms with Crippen LogP contribution in [-0.2, 0) is 17.7 Å². The molecule has 0 bridgehead atoms. The average Bonchev–Trinajstić information content (AvgIpc) is 2.52. The lowest BCUT2D eigenvalue weighted by Gasteiger charge is -2.06. The van der Waals surface area contributed by atoms with E-state index in [-0.39, 0.29) is 0 Å². The van der Waals surface area contributed by atoms with E-state index in [2.05, 4.69) is 21.4 Å². The highest BCUT2D eigenvalue weighted by Gasteiger charge is 2.03. The summed E-state index contributed by atoms with van der Waals surface area (Å²) in [4.78, 5) is 8.90. The number of benzene rings is 1. The van der Waals surface area contributed by atoms with Gasteiger partial charge in [-0.2, -0.15) is 0 Å². The Hall–Kier alpha value is -1.98. The normalized spacial score (nSPS) is 10.6. The summed E-state index contributed by atoms with van der Waals surface area (Å²) in [7, 11) is 3.36. The average molecular weight is 287 g/mol. The van der Waals surface area contributed by atoms with Crippen molar-refractivity contribution in [3.63, 3.8) is 0 Å². The summed E-state index contributed by atoms with van der Waals surface area (Å²) in [6.45, 7) is 2.23. The number of aromatic nitrogens is 2. The third kappa shape index (κ3) is 5.13. The molecule has 0 atom stereocenters. The first-order chi connectivity index (χ1) is 10.3. The molecule has 0 radical (unpaired) electrons. The SMILES string of the molecule is COCCNCc1ccnc(Cc2cccc(OC)c2)n1. The number of hydrogen-bond donors (Lipinski definition) is 1. The molecule has 0 aliphatic carbocycles. The largest absolute Gasteiger partial charge is 0.497 e. The van der Waals surface area contributed by atoms with Crippen LogP contribution >= 0.6 is 0 Å². The molecule has 0 amide bonds. The Balaban J connectivity index is 1.96. The third-order valence-corrected chi connectivity index (χ3v) is 3.05. The Morgan fingerprint density at radius 3 is 2.90 bits per heavy atom. The van der Waals surface area contributed by atoms with Crippen molar-refractivity contribution in [2.45, 2.75) is 13.0 Å². The van der Waals surface area contributed by atoms with Crippen LogP contribution in [0.25, 0.3) is 0 Å². The van der Waals surface area contributed by atoms with E-state index < -0.39 is 0 Å². The molecule has 0 spiro atoms. The van der Waals surface area contributed by atoms with E-state index in [1.807, 2.05) is 24.3 Å². The molecule has 2 rings (SSSR count). The number of methoxy groups -OCH3 is 2. The Morgan fingerprint density at radius 1 is 1.19 bits per heavy atom. The van der Waals surface area contributed by atoms with Gasteiger partial charge < -0.3 is 14.8 Å². The van der Waals surface area contributed by atoms with Gasteiger partial charge in [0.15, 0.2) is 0 Å². The van der Waals surface area contributed by atoms with Gasteiger partial charge in [0, 0.05) is 32.8 Å². The highest BCUT2D eigenvalue weighted by molar-refractivity contribution is 5.30. The number of rotatable bonds is 8. The maximum atomic E-state index is 5.23. The number of nitrogens with zero attached hydrogens (tertiary/aromatic N) is 2. The molecule has 0 saturated carbocycles. The van der Waals surface area contributed by atoms with Crippen molar-refractivity contribution in [3.05, 3.63) is 53.6 Å². The van der Waals surface area contributed by atoms with E-state index >= 15 is 0 Å². The molecule has 5 heteroatoms. The summed E-state index contributed by atoms with van der Waals surface area (Å²) < 4.78 is 10.2. The van der Waals surface area contributed by atoms with Crippen LogP contribution in [0.15, 0.2) is 36.5 Å². The molecule has 1 aromatic heterocycles. The van der Waals surface area contributed by atoms with Crippen LogP contribution < -0.4 is 10.1 Å². The number of hydrogen-bond acceptors (Lipinski definition) is 5. The lowest BCUT2D eigenvalue weighted by molar-refractivity contribution is 0.199. The Bertz CT molecular complexity index is 561. The number of nitrogens with one attached hydrogen (secondary N) is 1. The van der Waals surface area contributed by atoms with Crippen LogP contribution in [0.5, 0.6) is 5.75 Å². The fourth-order valence-electron chi connectivity index (χ4n) is 1.98. The lowest BCUT2D eigenvalue weighted by atomic mass is 10.1. The van der Waals surface area contributed by atoms with E-state index in [1.165, 1.54) is 0 Å². The summed E-state index contributed by atoms with van der Waals surface area (Å²) in [5, 5.41) is 3.28. The van der Waals surface area contributed by atoms with E-state index in [0.29, 0.717) is 13.0 Å². The second-order valence-corrected chi connectivity index (χ2v) is 4.66. The zero-order chi connectivity index (χ0) is 14.9. The summed E-state index contributed by atoms with van der Waals surface area (Å²) in [5.41, 5.74) is 2.12. The summed E-state index contributed by atoms with van der Waals surface area (Å²) >= 11 is 0. The fourth-order valence-corrected chi connectivity index (χ4v) is 1.98. The predicted molar refractivity (Wildman–Crippen MR) is 81.4 cm³/mol. The molecule has 2 aromatic rings. The molecule has 0 aliphatic heterocycles. The van der Waals surface area contributed by atoms with Crippen molar-refractivity contribution in [2.24, 2.45) is 0 Å². The lowest BCUT2D eigenvalue weighted by Crippen LogP contribution is -2.19. The molecule has 21 heavy (non-hydrogen) atoms. The van der Waals surface area contributed by atoms with Crippen molar-refractivity contribution < 1.29 is 9.47 Å². The molecule has 0 aliphatic rings. The van der Waals surface area contributed by atoms with Crippen molar-refractivity contribution in [1.82, 2.24) is 15.3 Å². The smallest absolute Gasteiger partial charge is 0.132 e. The van der Waals surface area contributed by atoms with Gasteiger partial charge in [-0.25, -0.2) is 9.97 Å². The topological polar surface area (TPSA) is 56.3 Å². The van der Waals surface area contributed by atoms with E-state index in [0.717, 1.165) is 35.9 Å². The predicted octanol–water partition coefficient (Wildman–Crippen LogP) is 1.81. The van der Waals surface area contributed by atoms with Crippen molar-refractivity contribution >= 4 is 0 Å². The Labute approximate surface area is 125 Å². The molecular formula is C16H21N3O2. The van der Waals surface area contributed by atoms with Gasteiger partial charge in [0.2, 0.25) is 0 Å². The summed E-state index contributed by atoms with van der Waals surface area (Å²) in [6, 6.07) is 9.89. The van der Waals surface area contributed by atoms with Crippen molar-refractivity contribution in [3.8, 4) is 5.75 Å². The third-order valence-electron chi connectivity index (χ3n) is 3.05. The van der Waals surface area contributed by atoms with Gasteiger partial charge in [0.05, 0.1) is 19.4 Å². The van der Waals surface area contributed by atoms with Crippen LogP contribution in [0.1, 0.15) is 17.1 Å². The molecule has 112 valence electrons. The zero-order valence-electron chi connectivity index (χ0n) is 12.5. The van der Waals surface area contributed by atoms with E-state index in [9.17, 15) is 0 Å². The van der Waals surface area contributed by atoms with E-state index in [4.69, 9.17) is 9.47 Å². The highest BCUT2D eigenvalue weighted by Crippen LogP contribution is 2.14. The van der Waals surface area contributed by atoms with Gasteiger partial charge in [-0.3, -0.25) is 0 Å². The summed E-state index contributed by atoms with van der Waals surface area (Å²) in [5.74, 6) is 1.67. The molecular weight excluding hydrogens is 266 g/mol. The van der Waals surface area contributed by atoms with Gasteiger partial charge in [-0.05, 0) is 23.8 Å². The standard InChI is InChI=1S/C16H21N3O2/c1-20-9-8-17-12-14-6-7-18-16(19-14)11-13-4-3-5-15(10-13)21-2/h3-7,10,17H,8-9,11-12H2,1-2H3. The fraction of sp³-hybridized carbons (Fsp3) is 0.375. The zero-order valence-corrected chi connectivity index (χ0v) is 12.5. The first kappa shape index (κ1) is 15.4. The van der Waals surface area contributed by atoms with Gasteiger partial charge >= 0.3 is 0 Å². The van der Waals surface area contributed by atoms with Crippen LogP contribution in [0.4, 0.5) is 0 Å². The Kier molecular flexibility index (Phi) is 6.12. The summed E-state index contributed by atoms with van der Waals surface area (Å²) in [6.07, 6.45) is 2.50. The molecule has 5 nitrogen and oxygen atoms in total. The first-order valence-electron chi connectivity index (χ1n) is 6.95. The van der Waals surface area contributed by atoms with Gasteiger partial charge in [-0.15, -0.1) is 0 Å². The van der Waals surface area contributed by atoms with Crippen LogP contribution in [-0.4, -0.2) is 37.3 Å². The molecule has 1 heterocycles. The minimum absolute atomic E-state index is 0.696. The van der Waals surface area contributed by atoms with E-state index in [1.54, 1.807) is 20.4 Å². The maximum absolute atomic E-state index is 5.23. The molecule has 0 unspecified atom stereocenters. The first-order valence-corrected chi connectivity index (χ1v) is 6.95. The number of ether oxygens (including phenoxy) is 2. The minimum Gasteiger partial charge on any atom is -0.497 e. The van der Waals surface area contributed by atoms with Crippen LogP contribution in [0.2, 0.25) is 0 Å². The molecule has 0 saturated heterocycles. The highest BCUT2D eigenvalue weighted by atomic mass is 16.5. The van der Waals surface area contributed by atoms with Gasteiger partial charge in [0.1, 0.15) is 11.6 Å². The van der Waals surface area contributed by atoms with Crippen molar-refractivity contribution in [2.75, 3.05) is 27.4 Å². The van der Waals surface area contributed by atoms with Gasteiger partial charge in [-0.1, -0.05) is 12.1 Å². The molecule has 1 aromatic carbocycles. The Morgan fingerprint density at radius 2 is 2.10 bits per heavy atom.